The number of rotatable bonds is 1. The summed E-state index contributed by atoms with van der Waals surface area (Å²) >= 11 is 0. The van der Waals surface area contributed by atoms with Gasteiger partial charge < -0.3 is 24.1 Å². The van der Waals surface area contributed by atoms with Gasteiger partial charge in [0.15, 0.2) is 12.1 Å². The third-order valence-electron chi connectivity index (χ3n) is 2.78. The highest BCUT2D eigenvalue weighted by Crippen LogP contribution is 2.40. The zero-order valence-electron chi connectivity index (χ0n) is 8.17. The first-order chi connectivity index (χ1) is 6.57. The summed E-state index contributed by atoms with van der Waals surface area (Å²) in [5.41, 5.74) is 0. The molecule has 0 spiro atoms. The Balaban J connectivity index is 1.74. The summed E-state index contributed by atoms with van der Waals surface area (Å²) in [5.74, 6) is -0.661. The topological polar surface area (TPSA) is 60.5 Å². The lowest BCUT2D eigenvalue weighted by atomic mass is 10.1. The lowest BCUT2D eigenvalue weighted by Gasteiger charge is -2.21. The number of epoxide rings is 1. The molecule has 0 aromatic carbocycles. The lowest BCUT2D eigenvalue weighted by molar-refractivity contribution is -0.216. The van der Waals surface area contributed by atoms with Crippen LogP contribution in [-0.4, -0.2) is 48.2 Å². The Morgan fingerprint density at radius 2 is 1.93 bits per heavy atom. The molecule has 14 heavy (non-hydrogen) atoms. The van der Waals surface area contributed by atoms with Gasteiger partial charge in [-0.15, -0.1) is 0 Å². The van der Waals surface area contributed by atoms with Gasteiger partial charge in [0.05, 0.1) is 6.61 Å². The smallest absolute Gasteiger partial charge is 0.190 e. The van der Waals surface area contributed by atoms with E-state index in [0.29, 0.717) is 6.61 Å². The number of aliphatic hydroxyl groups is 1. The highest BCUT2D eigenvalue weighted by Gasteiger charge is 2.58. The largest absolute Gasteiger partial charge is 0.387 e. The van der Waals surface area contributed by atoms with Crippen molar-refractivity contribution in [3.8, 4) is 0 Å². The molecule has 1 N–H and O–H groups in total. The maximum Gasteiger partial charge on any atom is 0.190 e. The molecule has 3 rings (SSSR count). The van der Waals surface area contributed by atoms with Gasteiger partial charge in [0, 0.05) is 0 Å². The first-order valence-electron chi connectivity index (χ1n) is 4.88. The zero-order chi connectivity index (χ0) is 9.92. The fraction of sp³-hybridized carbons (Fsp3) is 1.00. The fourth-order valence-electron chi connectivity index (χ4n) is 2.07. The molecule has 5 nitrogen and oxygen atoms in total. The number of hydrogen-bond acceptors (Lipinski definition) is 5. The van der Waals surface area contributed by atoms with Crippen molar-refractivity contribution in [1.29, 1.82) is 0 Å². The van der Waals surface area contributed by atoms with Gasteiger partial charge in [0.25, 0.3) is 0 Å². The molecule has 3 aliphatic heterocycles. The summed E-state index contributed by atoms with van der Waals surface area (Å²) < 4.78 is 21.7. The van der Waals surface area contributed by atoms with Gasteiger partial charge in [-0.3, -0.25) is 0 Å². The minimum Gasteiger partial charge on any atom is -0.387 e. The third-order valence-corrected chi connectivity index (χ3v) is 2.78. The number of aliphatic hydroxyl groups excluding tert-OH is 1. The van der Waals surface area contributed by atoms with E-state index < -0.39 is 18.2 Å². The van der Waals surface area contributed by atoms with E-state index in [2.05, 4.69) is 0 Å². The second kappa shape index (κ2) is 2.68. The van der Waals surface area contributed by atoms with Gasteiger partial charge in [-0.2, -0.15) is 0 Å². The van der Waals surface area contributed by atoms with Crippen LogP contribution in [0, 0.1) is 0 Å². The lowest BCUT2D eigenvalue weighted by Crippen LogP contribution is -2.37. The molecule has 5 atom stereocenters. The molecule has 0 radical (unpaired) electrons. The fourth-order valence-corrected chi connectivity index (χ4v) is 2.07. The average Bonchev–Trinajstić information content (AvgIpc) is 2.81. The molecule has 3 aliphatic rings. The molecule has 0 aromatic heterocycles. The van der Waals surface area contributed by atoms with E-state index in [1.807, 2.05) is 13.8 Å². The van der Waals surface area contributed by atoms with E-state index >= 15 is 0 Å². The van der Waals surface area contributed by atoms with E-state index in [1.165, 1.54) is 0 Å². The van der Waals surface area contributed by atoms with Crippen LogP contribution in [-0.2, 0) is 18.9 Å². The molecular formula is C9H14O5. The van der Waals surface area contributed by atoms with Gasteiger partial charge in [0.2, 0.25) is 0 Å². The molecule has 0 amide bonds. The first kappa shape index (κ1) is 9.06. The Morgan fingerprint density at radius 3 is 2.50 bits per heavy atom. The molecule has 2 unspecified atom stereocenters. The average molecular weight is 202 g/mol. The van der Waals surface area contributed by atoms with Crippen molar-refractivity contribution in [2.45, 2.75) is 50.3 Å². The summed E-state index contributed by atoms with van der Waals surface area (Å²) in [6, 6.07) is 0. The first-order valence-corrected chi connectivity index (χ1v) is 4.88. The maximum atomic E-state index is 9.89. The summed E-state index contributed by atoms with van der Waals surface area (Å²) in [7, 11) is 0. The molecule has 5 heteroatoms. The standard InChI is InChI=1S/C9H14O5/c1-9(2)13-7-5(10)6(4-3-11-4)12-8(7)14-9/h4-8,10H,3H2,1-2H3/t4?,5?,6-,7-,8-/m0/s1. The molecule has 0 aromatic rings. The van der Waals surface area contributed by atoms with Crippen LogP contribution >= 0.6 is 0 Å². The normalized spacial score (nSPS) is 54.6. The highest BCUT2D eigenvalue weighted by atomic mass is 16.8. The molecule has 3 heterocycles. The summed E-state index contributed by atoms with van der Waals surface area (Å²) in [5, 5.41) is 9.89. The van der Waals surface area contributed by atoms with Crippen LogP contribution in [0.2, 0.25) is 0 Å². The molecule has 0 saturated carbocycles. The Labute approximate surface area is 81.9 Å². The van der Waals surface area contributed by atoms with E-state index in [9.17, 15) is 5.11 Å². The van der Waals surface area contributed by atoms with Gasteiger partial charge in [-0.1, -0.05) is 0 Å². The molecule has 3 fully saturated rings. The number of ether oxygens (including phenoxy) is 4. The Kier molecular flexibility index (Phi) is 1.73. The van der Waals surface area contributed by atoms with Crippen LogP contribution in [0.3, 0.4) is 0 Å². The van der Waals surface area contributed by atoms with Crippen molar-refractivity contribution in [3.63, 3.8) is 0 Å². The van der Waals surface area contributed by atoms with Crippen molar-refractivity contribution < 1.29 is 24.1 Å². The van der Waals surface area contributed by atoms with E-state index in [0.717, 1.165) is 0 Å². The number of hydrogen-bond donors (Lipinski definition) is 1. The number of fused-ring (bicyclic) bond motifs is 1. The second-order valence-electron chi connectivity index (χ2n) is 4.43. The minimum absolute atomic E-state index is 0.0194. The Hall–Kier alpha value is -0.200. The van der Waals surface area contributed by atoms with Gasteiger partial charge in [-0.05, 0) is 13.8 Å². The Morgan fingerprint density at radius 1 is 1.21 bits per heavy atom. The van der Waals surface area contributed by atoms with Gasteiger partial charge in [0.1, 0.15) is 24.4 Å². The van der Waals surface area contributed by atoms with Crippen LogP contribution in [0.15, 0.2) is 0 Å². The van der Waals surface area contributed by atoms with Crippen LogP contribution in [0.5, 0.6) is 0 Å². The predicted molar refractivity (Wildman–Crippen MR) is 44.4 cm³/mol. The molecule has 0 bridgehead atoms. The van der Waals surface area contributed by atoms with Crippen LogP contribution in [0.4, 0.5) is 0 Å². The zero-order valence-corrected chi connectivity index (χ0v) is 8.17. The monoisotopic (exact) mass is 202 g/mol. The third kappa shape index (κ3) is 1.28. The SMILES string of the molecule is CC1(C)O[C@@H]2O[C@@H](C3CO3)C(O)[C@@H]2O1. The predicted octanol–water partition coefficient (Wildman–Crippen LogP) is -0.378. The maximum absolute atomic E-state index is 9.89. The highest BCUT2D eigenvalue weighted by molar-refractivity contribution is 4.98. The summed E-state index contributed by atoms with van der Waals surface area (Å²) in [6.07, 6.45) is -1.74. The van der Waals surface area contributed by atoms with Crippen LogP contribution in [0.25, 0.3) is 0 Å². The molecular weight excluding hydrogens is 188 g/mol. The van der Waals surface area contributed by atoms with Crippen molar-refractivity contribution in [2.75, 3.05) is 6.61 Å². The van der Waals surface area contributed by atoms with Crippen molar-refractivity contribution in [1.82, 2.24) is 0 Å². The van der Waals surface area contributed by atoms with E-state index in [4.69, 9.17) is 18.9 Å². The summed E-state index contributed by atoms with van der Waals surface area (Å²) in [6.45, 7) is 4.28. The second-order valence-corrected chi connectivity index (χ2v) is 4.43. The van der Waals surface area contributed by atoms with Crippen molar-refractivity contribution in [3.05, 3.63) is 0 Å². The van der Waals surface area contributed by atoms with Crippen molar-refractivity contribution >= 4 is 0 Å². The van der Waals surface area contributed by atoms with Gasteiger partial charge >= 0.3 is 0 Å². The molecule has 0 aliphatic carbocycles. The van der Waals surface area contributed by atoms with E-state index in [-0.39, 0.29) is 18.3 Å². The van der Waals surface area contributed by atoms with Gasteiger partial charge in [-0.25, -0.2) is 0 Å². The molecule has 3 saturated heterocycles. The minimum atomic E-state index is -0.661. The van der Waals surface area contributed by atoms with Crippen LogP contribution in [0.1, 0.15) is 13.8 Å². The quantitative estimate of drug-likeness (QED) is 0.587. The van der Waals surface area contributed by atoms with Crippen LogP contribution < -0.4 is 0 Å². The van der Waals surface area contributed by atoms with E-state index in [1.54, 1.807) is 0 Å². The molecule has 80 valence electrons. The van der Waals surface area contributed by atoms with Crippen molar-refractivity contribution in [2.24, 2.45) is 0 Å². The summed E-state index contributed by atoms with van der Waals surface area (Å²) in [4.78, 5) is 0. The Bertz CT molecular complexity index is 248.